The minimum atomic E-state index is -1.37. The van der Waals surface area contributed by atoms with Crippen LogP contribution in [0.5, 0.6) is 23.3 Å². The summed E-state index contributed by atoms with van der Waals surface area (Å²) in [4.78, 5) is 0. The Morgan fingerprint density at radius 2 is 1.45 bits per heavy atom. The molecule has 3 aromatic carbocycles. The Labute approximate surface area is 247 Å². The van der Waals surface area contributed by atoms with Crippen LogP contribution in [-0.2, 0) is 19.1 Å². The maximum Gasteiger partial charge on any atom is 0.197 e. The van der Waals surface area contributed by atoms with Gasteiger partial charge >= 0.3 is 0 Å². The molecule has 0 fully saturated rings. The van der Waals surface area contributed by atoms with Crippen molar-refractivity contribution in [3.8, 4) is 23.3 Å². The second-order valence-electron chi connectivity index (χ2n) is 10.4. The maximum absolute atomic E-state index is 12.2. The summed E-state index contributed by atoms with van der Waals surface area (Å²) in [5, 5.41) is 33.1. The number of hydrogen-bond acceptors (Lipinski definition) is 5. The quantitative estimate of drug-likeness (QED) is 0.0756. The van der Waals surface area contributed by atoms with Crippen LogP contribution in [0, 0.1) is 0 Å². The predicted octanol–water partition coefficient (Wildman–Crippen LogP) is 6.90. The third-order valence-electron chi connectivity index (χ3n) is 7.79. The van der Waals surface area contributed by atoms with Crippen molar-refractivity contribution in [1.82, 2.24) is 4.57 Å². The molecule has 5 rings (SSSR count). The highest BCUT2D eigenvalue weighted by molar-refractivity contribution is 5.52. The van der Waals surface area contributed by atoms with E-state index in [1.54, 1.807) is 13.1 Å². The van der Waals surface area contributed by atoms with Crippen molar-refractivity contribution in [3.63, 3.8) is 0 Å². The van der Waals surface area contributed by atoms with Crippen molar-refractivity contribution in [2.45, 2.75) is 30.8 Å². The fourth-order valence-electron chi connectivity index (χ4n) is 5.52. The first-order chi connectivity index (χ1) is 20.4. The van der Waals surface area contributed by atoms with Gasteiger partial charge in [0, 0.05) is 24.1 Å². The molecule has 0 saturated carbocycles. The van der Waals surface area contributed by atoms with Gasteiger partial charge in [-0.15, -0.1) is 0 Å². The number of allylic oxidation sites excluding steroid dienone is 4. The zero-order chi connectivity index (χ0) is 29.5. The van der Waals surface area contributed by atoms with Gasteiger partial charge in [-0.2, -0.15) is 0 Å². The summed E-state index contributed by atoms with van der Waals surface area (Å²) in [6, 6.07) is 24.7. The molecule has 3 N–H and O–H groups in total. The molecule has 0 amide bonds. The normalized spacial score (nSPS) is 15.7. The molecule has 42 heavy (non-hydrogen) atoms. The molecule has 1 aliphatic carbocycles. The van der Waals surface area contributed by atoms with E-state index in [0.29, 0.717) is 37.4 Å². The van der Waals surface area contributed by atoms with Gasteiger partial charge in [0.05, 0.1) is 13.2 Å². The van der Waals surface area contributed by atoms with Crippen molar-refractivity contribution >= 4 is 0 Å². The summed E-state index contributed by atoms with van der Waals surface area (Å²) in [6.45, 7) is 4.66. The SMILES string of the molecule is C=CC=CCCOc1ccc(C(O)(c2ccccc2)c2ccc(OCCC3C=CCc4c3c(O)n(C)c4O)cc2)cc1. The topological polar surface area (TPSA) is 84.1 Å². The van der Waals surface area contributed by atoms with E-state index in [4.69, 9.17) is 9.47 Å². The number of aromatic nitrogens is 1. The summed E-state index contributed by atoms with van der Waals surface area (Å²) in [7, 11) is 1.65. The van der Waals surface area contributed by atoms with E-state index in [-0.39, 0.29) is 17.7 Å². The molecule has 2 unspecified atom stereocenters. The molecule has 1 aliphatic rings. The highest BCUT2D eigenvalue weighted by Gasteiger charge is 2.34. The lowest BCUT2D eigenvalue weighted by Crippen LogP contribution is -2.28. The van der Waals surface area contributed by atoms with Crippen molar-refractivity contribution < 1.29 is 24.8 Å². The van der Waals surface area contributed by atoms with Crippen molar-refractivity contribution in [2.75, 3.05) is 13.2 Å². The first kappa shape index (κ1) is 28.8. The van der Waals surface area contributed by atoms with Gasteiger partial charge in [0.1, 0.15) is 17.1 Å². The molecule has 0 saturated heterocycles. The number of rotatable bonds is 12. The van der Waals surface area contributed by atoms with E-state index >= 15 is 0 Å². The van der Waals surface area contributed by atoms with E-state index < -0.39 is 5.60 Å². The fourth-order valence-corrected chi connectivity index (χ4v) is 5.52. The highest BCUT2D eigenvalue weighted by atomic mass is 16.5. The van der Waals surface area contributed by atoms with E-state index in [1.807, 2.05) is 97.1 Å². The molecule has 0 bridgehead atoms. The third kappa shape index (κ3) is 5.85. The lowest BCUT2D eigenvalue weighted by molar-refractivity contribution is 0.125. The Hall–Kier alpha value is -4.68. The monoisotopic (exact) mass is 563 g/mol. The minimum absolute atomic E-state index is 0.0427. The number of nitrogens with zero attached hydrogens (tertiary/aromatic N) is 1. The van der Waals surface area contributed by atoms with Gasteiger partial charge in [-0.1, -0.05) is 91.6 Å². The summed E-state index contributed by atoms with van der Waals surface area (Å²) in [5.41, 5.74) is 2.37. The summed E-state index contributed by atoms with van der Waals surface area (Å²) < 4.78 is 13.3. The minimum Gasteiger partial charge on any atom is -0.494 e. The predicted molar refractivity (Wildman–Crippen MR) is 165 cm³/mol. The second kappa shape index (κ2) is 12.9. The van der Waals surface area contributed by atoms with Gasteiger partial charge < -0.3 is 24.8 Å². The van der Waals surface area contributed by atoms with Gasteiger partial charge in [0.2, 0.25) is 0 Å². The summed E-state index contributed by atoms with van der Waals surface area (Å²) in [5.74, 6) is 1.59. The molecule has 0 aliphatic heterocycles. The van der Waals surface area contributed by atoms with E-state index in [1.165, 1.54) is 4.57 Å². The molecular weight excluding hydrogens is 526 g/mol. The van der Waals surface area contributed by atoms with Crippen LogP contribution in [0.25, 0.3) is 0 Å². The van der Waals surface area contributed by atoms with Gasteiger partial charge in [0.15, 0.2) is 11.8 Å². The maximum atomic E-state index is 12.2. The molecule has 0 spiro atoms. The Morgan fingerprint density at radius 3 is 2.07 bits per heavy atom. The van der Waals surface area contributed by atoms with E-state index in [9.17, 15) is 15.3 Å². The number of aromatic hydroxyl groups is 2. The van der Waals surface area contributed by atoms with Crippen molar-refractivity contribution in [2.24, 2.45) is 7.05 Å². The average molecular weight is 564 g/mol. The molecule has 6 nitrogen and oxygen atoms in total. The summed E-state index contributed by atoms with van der Waals surface area (Å²) >= 11 is 0. The van der Waals surface area contributed by atoms with Crippen LogP contribution in [0.1, 0.15) is 46.6 Å². The second-order valence-corrected chi connectivity index (χ2v) is 10.4. The van der Waals surface area contributed by atoms with Crippen LogP contribution in [-0.4, -0.2) is 33.1 Å². The Balaban J connectivity index is 1.30. The number of benzene rings is 3. The highest BCUT2D eigenvalue weighted by Crippen LogP contribution is 2.43. The lowest BCUT2D eigenvalue weighted by Gasteiger charge is -2.30. The number of ether oxygens (including phenoxy) is 2. The van der Waals surface area contributed by atoms with Crippen LogP contribution in [0.2, 0.25) is 0 Å². The van der Waals surface area contributed by atoms with Crippen LogP contribution in [0.15, 0.2) is 116 Å². The number of aliphatic hydroxyl groups is 1. The largest absolute Gasteiger partial charge is 0.494 e. The van der Waals surface area contributed by atoms with Gasteiger partial charge in [0.25, 0.3) is 0 Å². The molecule has 216 valence electrons. The van der Waals surface area contributed by atoms with Crippen LogP contribution < -0.4 is 9.47 Å². The molecule has 2 atom stereocenters. The fraction of sp³-hybridized carbons (Fsp3) is 0.222. The van der Waals surface area contributed by atoms with Gasteiger partial charge in [-0.3, -0.25) is 4.57 Å². The molecule has 0 radical (unpaired) electrons. The van der Waals surface area contributed by atoms with Crippen LogP contribution in [0.3, 0.4) is 0 Å². The smallest absolute Gasteiger partial charge is 0.197 e. The molecule has 1 aromatic heterocycles. The van der Waals surface area contributed by atoms with Gasteiger partial charge in [-0.05, 0) is 60.2 Å². The Morgan fingerprint density at radius 1 is 0.857 bits per heavy atom. The molecule has 6 heteroatoms. The molecular formula is C36H37NO5. The van der Waals surface area contributed by atoms with E-state index in [2.05, 4.69) is 12.7 Å². The lowest BCUT2D eigenvalue weighted by atomic mass is 9.80. The zero-order valence-corrected chi connectivity index (χ0v) is 23.8. The molecule has 1 heterocycles. The van der Waals surface area contributed by atoms with Gasteiger partial charge in [-0.25, -0.2) is 0 Å². The first-order valence-corrected chi connectivity index (χ1v) is 14.2. The number of fused-ring (bicyclic) bond motifs is 1. The van der Waals surface area contributed by atoms with Crippen LogP contribution in [0.4, 0.5) is 0 Å². The summed E-state index contributed by atoms with van der Waals surface area (Å²) in [6.07, 6.45) is 11.8. The average Bonchev–Trinajstić information content (AvgIpc) is 3.26. The molecule has 4 aromatic rings. The standard InChI is InChI=1S/C36H37NO5/c1-3-4-5-9-24-41-30-19-15-28(16-20-30)36(40,27-12-7-6-8-13-27)29-17-21-31(22-18-29)42-25-23-26-11-10-14-32-33(26)35(39)37(2)34(32)38/h3-8,10-13,15-22,26,38-40H,1,9,14,23-25H2,2H3. The zero-order valence-electron chi connectivity index (χ0n) is 23.8. The Bertz CT molecular complexity index is 1550. The van der Waals surface area contributed by atoms with Crippen LogP contribution >= 0.6 is 0 Å². The van der Waals surface area contributed by atoms with E-state index in [0.717, 1.165) is 34.4 Å². The first-order valence-electron chi connectivity index (χ1n) is 14.2. The number of hydrogen-bond donors (Lipinski definition) is 3. The van der Waals surface area contributed by atoms with Crippen molar-refractivity contribution in [3.05, 3.63) is 144 Å². The van der Waals surface area contributed by atoms with Crippen molar-refractivity contribution in [1.29, 1.82) is 0 Å². The third-order valence-corrected chi connectivity index (χ3v) is 7.79. The Kier molecular flexibility index (Phi) is 8.84.